The lowest BCUT2D eigenvalue weighted by molar-refractivity contribution is 0.542. The number of fused-ring (bicyclic) bond motifs is 1. The molecule has 1 N–H and O–H groups in total. The summed E-state index contributed by atoms with van der Waals surface area (Å²) in [6, 6.07) is 4.02. The Hall–Kier alpha value is -1.58. The average Bonchev–Trinajstić information content (AvgIpc) is 2.58. The zero-order valence-corrected chi connectivity index (χ0v) is 10.3. The van der Waals surface area contributed by atoms with Gasteiger partial charge in [0.05, 0.1) is 0 Å². The van der Waals surface area contributed by atoms with E-state index in [1.165, 1.54) is 5.56 Å². The Balaban J connectivity index is 2.33. The fraction of sp³-hybridized carbons (Fsp3) is 0.500. The molecule has 0 radical (unpaired) electrons. The molecule has 0 unspecified atom stereocenters. The van der Waals surface area contributed by atoms with Crippen LogP contribution in [0.4, 0.5) is 5.95 Å². The van der Waals surface area contributed by atoms with Gasteiger partial charge in [0.2, 0.25) is 5.95 Å². The van der Waals surface area contributed by atoms with Gasteiger partial charge in [0.15, 0.2) is 5.65 Å². The third kappa shape index (κ3) is 2.15. The standard InChI is InChI=1S/C12H18N4/c1-5-12(3,4)14-11-13-10-7-6-9(2)8-16(10)15-11/h6-8H,5H2,1-4H3,(H,14,15). The first-order chi connectivity index (χ1) is 7.50. The number of rotatable bonds is 3. The van der Waals surface area contributed by atoms with Crippen molar-refractivity contribution in [2.24, 2.45) is 0 Å². The van der Waals surface area contributed by atoms with E-state index in [2.05, 4.69) is 36.2 Å². The first kappa shape index (κ1) is 10.9. The van der Waals surface area contributed by atoms with E-state index >= 15 is 0 Å². The van der Waals surface area contributed by atoms with Crippen molar-refractivity contribution in [3.63, 3.8) is 0 Å². The number of nitrogens with one attached hydrogen (secondary N) is 1. The Labute approximate surface area is 95.7 Å². The summed E-state index contributed by atoms with van der Waals surface area (Å²) in [7, 11) is 0. The molecule has 0 atom stereocenters. The quantitative estimate of drug-likeness (QED) is 0.861. The molecule has 0 amide bonds. The Morgan fingerprint density at radius 1 is 1.38 bits per heavy atom. The van der Waals surface area contributed by atoms with Crippen LogP contribution >= 0.6 is 0 Å². The van der Waals surface area contributed by atoms with Crippen LogP contribution < -0.4 is 5.32 Å². The zero-order chi connectivity index (χ0) is 11.8. The molecule has 0 aromatic carbocycles. The molecule has 86 valence electrons. The van der Waals surface area contributed by atoms with Crippen LogP contribution in [0.25, 0.3) is 5.65 Å². The third-order valence-electron chi connectivity index (χ3n) is 2.81. The molecule has 0 saturated carbocycles. The normalized spacial score (nSPS) is 12.0. The van der Waals surface area contributed by atoms with Crippen molar-refractivity contribution in [2.75, 3.05) is 5.32 Å². The van der Waals surface area contributed by atoms with Crippen LogP contribution in [0.15, 0.2) is 18.3 Å². The van der Waals surface area contributed by atoms with Crippen LogP contribution in [0.3, 0.4) is 0 Å². The molecular weight excluding hydrogens is 200 g/mol. The van der Waals surface area contributed by atoms with Crippen LogP contribution in [-0.4, -0.2) is 20.1 Å². The van der Waals surface area contributed by atoms with Gasteiger partial charge in [-0.1, -0.05) is 13.0 Å². The van der Waals surface area contributed by atoms with E-state index in [4.69, 9.17) is 0 Å². The summed E-state index contributed by atoms with van der Waals surface area (Å²) in [6.45, 7) is 8.48. The minimum absolute atomic E-state index is 0.0278. The molecule has 2 rings (SSSR count). The summed E-state index contributed by atoms with van der Waals surface area (Å²) in [4.78, 5) is 4.43. The largest absolute Gasteiger partial charge is 0.348 e. The molecule has 0 aliphatic rings. The first-order valence-electron chi connectivity index (χ1n) is 5.61. The maximum atomic E-state index is 4.43. The lowest BCUT2D eigenvalue weighted by Crippen LogP contribution is -2.30. The molecule has 0 bridgehead atoms. The lowest BCUT2D eigenvalue weighted by atomic mass is 10.0. The first-order valence-corrected chi connectivity index (χ1v) is 5.61. The van der Waals surface area contributed by atoms with Crippen molar-refractivity contribution >= 4 is 11.6 Å². The van der Waals surface area contributed by atoms with Crippen LogP contribution in [0, 0.1) is 6.92 Å². The van der Waals surface area contributed by atoms with Crippen LogP contribution in [0.1, 0.15) is 32.8 Å². The van der Waals surface area contributed by atoms with E-state index < -0.39 is 0 Å². The number of aromatic nitrogens is 3. The van der Waals surface area contributed by atoms with Gasteiger partial charge < -0.3 is 5.32 Å². The van der Waals surface area contributed by atoms with Gasteiger partial charge >= 0.3 is 0 Å². The molecule has 4 heteroatoms. The van der Waals surface area contributed by atoms with E-state index in [1.54, 1.807) is 0 Å². The van der Waals surface area contributed by atoms with E-state index in [0.29, 0.717) is 5.95 Å². The second-order valence-electron chi connectivity index (χ2n) is 4.81. The predicted octanol–water partition coefficient (Wildman–Crippen LogP) is 2.64. The van der Waals surface area contributed by atoms with Gasteiger partial charge in [-0.25, -0.2) is 4.52 Å². The van der Waals surface area contributed by atoms with Crippen molar-refractivity contribution in [1.29, 1.82) is 0 Å². The second-order valence-corrected chi connectivity index (χ2v) is 4.81. The van der Waals surface area contributed by atoms with Crippen molar-refractivity contribution in [3.8, 4) is 0 Å². The predicted molar refractivity (Wildman–Crippen MR) is 65.7 cm³/mol. The van der Waals surface area contributed by atoms with Gasteiger partial charge in [0, 0.05) is 11.7 Å². The van der Waals surface area contributed by atoms with Crippen LogP contribution in [0.2, 0.25) is 0 Å². The monoisotopic (exact) mass is 218 g/mol. The summed E-state index contributed by atoms with van der Waals surface area (Å²) >= 11 is 0. The molecular formula is C12H18N4. The molecule has 0 spiro atoms. The third-order valence-corrected chi connectivity index (χ3v) is 2.81. The average molecular weight is 218 g/mol. The number of hydrogen-bond acceptors (Lipinski definition) is 3. The maximum absolute atomic E-state index is 4.43. The molecule has 0 aliphatic heterocycles. The summed E-state index contributed by atoms with van der Waals surface area (Å²) in [5.41, 5.74) is 2.08. The molecule has 2 aromatic heterocycles. The van der Waals surface area contributed by atoms with Crippen molar-refractivity contribution in [3.05, 3.63) is 23.9 Å². The van der Waals surface area contributed by atoms with E-state index in [0.717, 1.165) is 12.1 Å². The van der Waals surface area contributed by atoms with Crippen LogP contribution in [-0.2, 0) is 0 Å². The molecule has 0 fully saturated rings. The van der Waals surface area contributed by atoms with Crippen molar-refractivity contribution in [2.45, 2.75) is 39.7 Å². The summed E-state index contributed by atoms with van der Waals surface area (Å²) in [6.07, 6.45) is 3.01. The van der Waals surface area contributed by atoms with Gasteiger partial charge in [0.25, 0.3) is 0 Å². The maximum Gasteiger partial charge on any atom is 0.243 e. The number of anilines is 1. The molecule has 4 nitrogen and oxygen atoms in total. The highest BCUT2D eigenvalue weighted by Gasteiger charge is 2.16. The number of hydrogen-bond donors (Lipinski definition) is 1. The molecule has 0 saturated heterocycles. The van der Waals surface area contributed by atoms with Gasteiger partial charge in [0.1, 0.15) is 0 Å². The Morgan fingerprint density at radius 2 is 2.12 bits per heavy atom. The second kappa shape index (κ2) is 3.77. The summed E-state index contributed by atoms with van der Waals surface area (Å²) < 4.78 is 1.81. The Bertz CT molecular complexity index is 499. The van der Waals surface area contributed by atoms with E-state index in [9.17, 15) is 0 Å². The minimum atomic E-state index is 0.0278. The topological polar surface area (TPSA) is 42.2 Å². The highest BCUT2D eigenvalue weighted by atomic mass is 15.4. The van der Waals surface area contributed by atoms with Gasteiger partial charge in [-0.2, -0.15) is 4.98 Å². The highest BCUT2D eigenvalue weighted by molar-refractivity contribution is 5.44. The Morgan fingerprint density at radius 3 is 2.81 bits per heavy atom. The number of aryl methyl sites for hydroxylation is 1. The number of pyridine rings is 1. The van der Waals surface area contributed by atoms with Gasteiger partial charge in [-0.3, -0.25) is 0 Å². The summed E-state index contributed by atoms with van der Waals surface area (Å²) in [5, 5.41) is 7.73. The Kier molecular flexibility index (Phi) is 2.58. The van der Waals surface area contributed by atoms with Crippen LogP contribution in [0.5, 0.6) is 0 Å². The zero-order valence-electron chi connectivity index (χ0n) is 10.3. The molecule has 0 aliphatic carbocycles. The minimum Gasteiger partial charge on any atom is -0.348 e. The van der Waals surface area contributed by atoms with E-state index in [1.807, 2.05) is 29.8 Å². The van der Waals surface area contributed by atoms with E-state index in [-0.39, 0.29) is 5.54 Å². The SMILES string of the molecule is CCC(C)(C)Nc1nc2ccc(C)cn2n1. The van der Waals surface area contributed by atoms with Crippen molar-refractivity contribution in [1.82, 2.24) is 14.6 Å². The highest BCUT2D eigenvalue weighted by Crippen LogP contribution is 2.15. The van der Waals surface area contributed by atoms with Crippen molar-refractivity contribution < 1.29 is 0 Å². The van der Waals surface area contributed by atoms with Gasteiger partial charge in [-0.15, -0.1) is 5.10 Å². The molecule has 16 heavy (non-hydrogen) atoms. The molecule has 2 aromatic rings. The fourth-order valence-electron chi connectivity index (χ4n) is 1.43. The fourth-order valence-corrected chi connectivity index (χ4v) is 1.43. The number of nitrogens with zero attached hydrogens (tertiary/aromatic N) is 3. The van der Waals surface area contributed by atoms with Gasteiger partial charge in [-0.05, 0) is 38.8 Å². The lowest BCUT2D eigenvalue weighted by Gasteiger charge is -2.23. The molecule has 2 heterocycles. The smallest absolute Gasteiger partial charge is 0.243 e. The summed E-state index contributed by atoms with van der Waals surface area (Å²) in [5.74, 6) is 0.692.